The highest BCUT2D eigenvalue weighted by Crippen LogP contribution is 2.08. The molecule has 1 aromatic heterocycles. The molecule has 0 aliphatic heterocycles. The summed E-state index contributed by atoms with van der Waals surface area (Å²) in [6, 6.07) is 1.97. The monoisotopic (exact) mass is 196 g/mol. The Morgan fingerprint density at radius 1 is 1.64 bits per heavy atom. The summed E-state index contributed by atoms with van der Waals surface area (Å²) in [5.41, 5.74) is 5.67. The summed E-state index contributed by atoms with van der Waals surface area (Å²) in [5.74, 6) is 1.62. The Morgan fingerprint density at radius 2 is 2.43 bits per heavy atom. The van der Waals surface area contributed by atoms with E-state index in [-0.39, 0.29) is 0 Å². The molecular weight excluding hydrogens is 176 g/mol. The number of nitrogens with zero attached hydrogens (tertiary/aromatic N) is 2. The molecule has 0 aliphatic rings. The van der Waals surface area contributed by atoms with Gasteiger partial charge in [-0.2, -0.15) is 5.10 Å². The quantitative estimate of drug-likeness (QED) is 0.719. The number of nitrogens with one attached hydrogen (secondary N) is 1. The van der Waals surface area contributed by atoms with Gasteiger partial charge in [0.05, 0.1) is 6.20 Å². The van der Waals surface area contributed by atoms with E-state index < -0.39 is 0 Å². The minimum atomic E-state index is 0.565. The van der Waals surface area contributed by atoms with Crippen molar-refractivity contribution < 1.29 is 0 Å². The molecule has 0 radical (unpaired) electrons. The van der Waals surface area contributed by atoms with Crippen LogP contribution in [0.25, 0.3) is 0 Å². The van der Waals surface area contributed by atoms with Crippen LogP contribution in [0.15, 0.2) is 12.3 Å². The van der Waals surface area contributed by atoms with Gasteiger partial charge in [-0.05, 0) is 18.9 Å². The molecule has 0 spiro atoms. The standard InChI is InChI=1S/C10H20N4/c1-3-4-9(7-11)8-12-10-5-6-13-14(10)2/h5-6,9,12H,3-4,7-8,11H2,1-2H3. The maximum atomic E-state index is 5.67. The van der Waals surface area contributed by atoms with E-state index in [0.29, 0.717) is 5.92 Å². The van der Waals surface area contributed by atoms with Crippen molar-refractivity contribution in [3.8, 4) is 0 Å². The normalized spacial score (nSPS) is 12.8. The third kappa shape index (κ3) is 3.03. The maximum absolute atomic E-state index is 5.67. The summed E-state index contributed by atoms with van der Waals surface area (Å²) in [5, 5.41) is 7.44. The van der Waals surface area contributed by atoms with E-state index in [0.717, 1.165) is 18.9 Å². The minimum Gasteiger partial charge on any atom is -0.370 e. The summed E-state index contributed by atoms with van der Waals surface area (Å²) in [4.78, 5) is 0. The molecule has 0 bridgehead atoms. The van der Waals surface area contributed by atoms with Crippen molar-refractivity contribution in [2.24, 2.45) is 18.7 Å². The van der Waals surface area contributed by atoms with Gasteiger partial charge in [-0.25, -0.2) is 0 Å². The predicted octanol–water partition coefficient (Wildman–Crippen LogP) is 1.21. The van der Waals surface area contributed by atoms with Gasteiger partial charge in [-0.1, -0.05) is 13.3 Å². The lowest BCUT2D eigenvalue weighted by Crippen LogP contribution is -2.23. The van der Waals surface area contributed by atoms with Gasteiger partial charge in [-0.3, -0.25) is 4.68 Å². The number of hydrogen-bond acceptors (Lipinski definition) is 3. The van der Waals surface area contributed by atoms with Crippen LogP contribution in [0.3, 0.4) is 0 Å². The number of anilines is 1. The van der Waals surface area contributed by atoms with E-state index in [9.17, 15) is 0 Å². The largest absolute Gasteiger partial charge is 0.370 e. The van der Waals surface area contributed by atoms with Crippen LogP contribution in [0.4, 0.5) is 5.82 Å². The molecule has 1 aromatic rings. The molecule has 80 valence electrons. The molecule has 1 atom stereocenters. The van der Waals surface area contributed by atoms with E-state index in [2.05, 4.69) is 17.3 Å². The van der Waals surface area contributed by atoms with Crippen molar-refractivity contribution in [1.29, 1.82) is 0 Å². The Bertz CT molecular complexity index is 256. The minimum absolute atomic E-state index is 0.565. The lowest BCUT2D eigenvalue weighted by atomic mass is 10.0. The Hall–Kier alpha value is -1.03. The Morgan fingerprint density at radius 3 is 2.93 bits per heavy atom. The fourth-order valence-electron chi connectivity index (χ4n) is 1.51. The lowest BCUT2D eigenvalue weighted by molar-refractivity contribution is 0.512. The zero-order valence-electron chi connectivity index (χ0n) is 9.03. The average molecular weight is 196 g/mol. The summed E-state index contributed by atoms with van der Waals surface area (Å²) < 4.78 is 1.83. The number of aryl methyl sites for hydroxylation is 1. The number of rotatable bonds is 6. The van der Waals surface area contributed by atoms with Crippen molar-refractivity contribution in [3.63, 3.8) is 0 Å². The topological polar surface area (TPSA) is 55.9 Å². The van der Waals surface area contributed by atoms with Crippen molar-refractivity contribution in [3.05, 3.63) is 12.3 Å². The smallest absolute Gasteiger partial charge is 0.123 e. The number of aromatic nitrogens is 2. The van der Waals surface area contributed by atoms with E-state index >= 15 is 0 Å². The highest BCUT2D eigenvalue weighted by Gasteiger charge is 2.05. The van der Waals surface area contributed by atoms with Crippen LogP contribution in [0, 0.1) is 5.92 Å². The molecule has 4 nitrogen and oxygen atoms in total. The summed E-state index contributed by atoms with van der Waals surface area (Å²) in [7, 11) is 1.93. The third-order valence-corrected chi connectivity index (χ3v) is 2.42. The van der Waals surface area contributed by atoms with Crippen LogP contribution in [0.1, 0.15) is 19.8 Å². The van der Waals surface area contributed by atoms with E-state index in [4.69, 9.17) is 5.73 Å². The second-order valence-electron chi connectivity index (χ2n) is 3.61. The first kappa shape index (κ1) is 11.0. The lowest BCUT2D eigenvalue weighted by Gasteiger charge is -2.15. The van der Waals surface area contributed by atoms with Crippen molar-refractivity contribution >= 4 is 5.82 Å². The first-order valence-electron chi connectivity index (χ1n) is 5.19. The Kier molecular flexibility index (Phi) is 4.46. The zero-order valence-corrected chi connectivity index (χ0v) is 9.03. The highest BCUT2D eigenvalue weighted by atomic mass is 15.3. The first-order chi connectivity index (χ1) is 6.77. The molecule has 0 saturated carbocycles. The van der Waals surface area contributed by atoms with Crippen LogP contribution in [-0.2, 0) is 7.05 Å². The molecule has 3 N–H and O–H groups in total. The average Bonchev–Trinajstić information content (AvgIpc) is 2.59. The van der Waals surface area contributed by atoms with Gasteiger partial charge in [0, 0.05) is 19.7 Å². The fraction of sp³-hybridized carbons (Fsp3) is 0.700. The second-order valence-corrected chi connectivity index (χ2v) is 3.61. The van der Waals surface area contributed by atoms with Crippen LogP contribution < -0.4 is 11.1 Å². The van der Waals surface area contributed by atoms with E-state index in [1.54, 1.807) is 6.20 Å². The highest BCUT2D eigenvalue weighted by molar-refractivity contribution is 5.33. The molecular formula is C10H20N4. The van der Waals surface area contributed by atoms with Gasteiger partial charge < -0.3 is 11.1 Å². The maximum Gasteiger partial charge on any atom is 0.123 e. The van der Waals surface area contributed by atoms with E-state index in [1.165, 1.54) is 12.8 Å². The van der Waals surface area contributed by atoms with Gasteiger partial charge in [-0.15, -0.1) is 0 Å². The number of hydrogen-bond donors (Lipinski definition) is 2. The van der Waals surface area contributed by atoms with Gasteiger partial charge in [0.25, 0.3) is 0 Å². The summed E-state index contributed by atoms with van der Waals surface area (Å²) in [6.45, 7) is 3.87. The Balaban J connectivity index is 2.35. The van der Waals surface area contributed by atoms with Crippen molar-refractivity contribution in [2.75, 3.05) is 18.4 Å². The molecule has 1 unspecified atom stereocenters. The van der Waals surface area contributed by atoms with Crippen molar-refractivity contribution in [1.82, 2.24) is 9.78 Å². The van der Waals surface area contributed by atoms with E-state index in [1.807, 2.05) is 17.8 Å². The Labute approximate surface area is 85.5 Å². The molecule has 0 aliphatic carbocycles. The number of nitrogens with two attached hydrogens (primary N) is 1. The molecule has 0 amide bonds. The third-order valence-electron chi connectivity index (χ3n) is 2.42. The van der Waals surface area contributed by atoms with Crippen LogP contribution in [0.5, 0.6) is 0 Å². The van der Waals surface area contributed by atoms with Gasteiger partial charge in [0.2, 0.25) is 0 Å². The SMILES string of the molecule is CCCC(CN)CNc1ccnn1C. The molecule has 1 heterocycles. The molecule has 14 heavy (non-hydrogen) atoms. The van der Waals surface area contributed by atoms with Crippen LogP contribution in [0.2, 0.25) is 0 Å². The summed E-state index contributed by atoms with van der Waals surface area (Å²) in [6.07, 6.45) is 4.16. The van der Waals surface area contributed by atoms with Gasteiger partial charge >= 0.3 is 0 Å². The molecule has 0 aromatic carbocycles. The molecule has 0 saturated heterocycles. The molecule has 0 fully saturated rings. The van der Waals surface area contributed by atoms with Crippen molar-refractivity contribution in [2.45, 2.75) is 19.8 Å². The predicted molar refractivity (Wildman–Crippen MR) is 59.2 cm³/mol. The van der Waals surface area contributed by atoms with Crippen LogP contribution in [-0.4, -0.2) is 22.9 Å². The van der Waals surface area contributed by atoms with Gasteiger partial charge in [0.1, 0.15) is 5.82 Å². The fourth-order valence-corrected chi connectivity index (χ4v) is 1.51. The van der Waals surface area contributed by atoms with Gasteiger partial charge in [0.15, 0.2) is 0 Å². The zero-order chi connectivity index (χ0) is 10.4. The first-order valence-corrected chi connectivity index (χ1v) is 5.19. The van der Waals surface area contributed by atoms with Crippen LogP contribution >= 0.6 is 0 Å². The second kappa shape index (κ2) is 5.65. The molecule has 4 heteroatoms. The summed E-state index contributed by atoms with van der Waals surface area (Å²) >= 11 is 0. The molecule has 1 rings (SSSR count).